The number of ketones is 1. The van der Waals surface area contributed by atoms with Gasteiger partial charge in [0.15, 0.2) is 5.78 Å². The molecule has 0 amide bonds. The lowest BCUT2D eigenvalue weighted by Crippen LogP contribution is -2.08. The lowest BCUT2D eigenvalue weighted by Gasteiger charge is -2.13. The average Bonchev–Trinajstić information content (AvgIpc) is 3.23. The molecule has 0 atom stereocenters. The van der Waals surface area contributed by atoms with Gasteiger partial charge in [-0.1, -0.05) is 0 Å². The molecule has 116 valence electrons. The maximum absolute atomic E-state index is 12.3. The molecule has 0 saturated carbocycles. The van der Waals surface area contributed by atoms with Crippen molar-refractivity contribution in [2.24, 2.45) is 0 Å². The number of hydrogen-bond donors (Lipinski definition) is 0. The molecule has 0 bridgehead atoms. The van der Waals surface area contributed by atoms with Crippen LogP contribution in [0.1, 0.15) is 27.1 Å². The smallest absolute Gasteiger partial charge is 0.164 e. The fourth-order valence-electron chi connectivity index (χ4n) is 2.52. The largest absolute Gasteiger partial charge is 0.497 e. The normalized spacial score (nSPS) is 15.1. The number of Topliss-reactive ketones (excluding diaryl/α,β-unsaturated/α-hetero) is 1. The Morgan fingerprint density at radius 3 is 2.64 bits per heavy atom. The van der Waals surface area contributed by atoms with Crippen molar-refractivity contribution in [1.29, 1.82) is 0 Å². The predicted molar refractivity (Wildman–Crippen MR) is 94.0 cm³/mol. The number of carbonyl (C=O) groups is 1. The quantitative estimate of drug-likeness (QED) is 0.740. The summed E-state index contributed by atoms with van der Waals surface area (Å²) >= 11 is 3.98. The van der Waals surface area contributed by atoms with E-state index in [4.69, 9.17) is 4.74 Å². The van der Waals surface area contributed by atoms with Crippen LogP contribution in [-0.2, 0) is 6.54 Å². The lowest BCUT2D eigenvalue weighted by atomic mass is 10.1. The van der Waals surface area contributed by atoms with Crippen LogP contribution in [0.3, 0.4) is 0 Å². The number of aryl methyl sites for hydroxylation is 1. The van der Waals surface area contributed by atoms with Gasteiger partial charge in [-0.3, -0.25) is 4.79 Å². The Morgan fingerprint density at radius 2 is 1.95 bits per heavy atom. The van der Waals surface area contributed by atoms with Gasteiger partial charge in [-0.15, -0.1) is 23.5 Å². The van der Waals surface area contributed by atoms with Crippen molar-refractivity contribution in [2.75, 3.05) is 18.6 Å². The first-order valence-corrected chi connectivity index (χ1v) is 9.43. The van der Waals surface area contributed by atoms with Crippen molar-refractivity contribution >= 4 is 29.3 Å². The van der Waals surface area contributed by atoms with Gasteiger partial charge in [0.05, 0.1) is 11.7 Å². The highest BCUT2D eigenvalue weighted by Crippen LogP contribution is 2.45. The van der Waals surface area contributed by atoms with E-state index in [0.717, 1.165) is 17.9 Å². The molecule has 3 nitrogen and oxygen atoms in total. The Hall–Kier alpha value is -1.33. The van der Waals surface area contributed by atoms with Crippen molar-refractivity contribution in [1.82, 2.24) is 4.57 Å². The minimum Gasteiger partial charge on any atom is -0.497 e. The number of methoxy groups -OCH3 is 1. The number of aromatic nitrogens is 1. The third-order valence-corrected chi connectivity index (χ3v) is 6.76. The van der Waals surface area contributed by atoms with Gasteiger partial charge in [0.2, 0.25) is 0 Å². The number of carbonyl (C=O) groups excluding carboxylic acids is 1. The first-order chi connectivity index (χ1) is 10.8. The van der Waals surface area contributed by atoms with Crippen LogP contribution in [0.2, 0.25) is 0 Å². The van der Waals surface area contributed by atoms with Crippen LogP contribution in [0.5, 0.6) is 5.75 Å². The summed E-state index contributed by atoms with van der Waals surface area (Å²) in [4.78, 5) is 12.3. The summed E-state index contributed by atoms with van der Waals surface area (Å²) in [5, 5.41) is 0. The van der Waals surface area contributed by atoms with Gasteiger partial charge in [-0.2, -0.15) is 0 Å². The molecule has 0 spiro atoms. The summed E-state index contributed by atoms with van der Waals surface area (Å²) < 4.78 is 7.86. The minimum atomic E-state index is 0.175. The Balaban J connectivity index is 1.62. The molecule has 3 rings (SSSR count). The molecule has 1 fully saturated rings. The van der Waals surface area contributed by atoms with Crippen LogP contribution in [0.4, 0.5) is 0 Å². The van der Waals surface area contributed by atoms with Crippen LogP contribution in [0, 0.1) is 0 Å². The van der Waals surface area contributed by atoms with Gasteiger partial charge in [0.25, 0.3) is 0 Å². The fourth-order valence-corrected chi connectivity index (χ4v) is 5.45. The van der Waals surface area contributed by atoms with Gasteiger partial charge >= 0.3 is 0 Å². The molecule has 5 heteroatoms. The molecular weight excluding hydrogens is 314 g/mol. The maximum Gasteiger partial charge on any atom is 0.164 e. The zero-order valence-electron chi connectivity index (χ0n) is 12.5. The lowest BCUT2D eigenvalue weighted by molar-refractivity contribution is 0.0977. The molecule has 1 aliphatic heterocycles. The first-order valence-electron chi connectivity index (χ1n) is 7.33. The Kier molecular flexibility index (Phi) is 5.16. The van der Waals surface area contributed by atoms with Crippen LogP contribution in [-0.4, -0.2) is 29.0 Å². The van der Waals surface area contributed by atoms with E-state index in [0.29, 0.717) is 11.0 Å². The number of benzene rings is 1. The van der Waals surface area contributed by atoms with Gasteiger partial charge in [-0.25, -0.2) is 0 Å². The minimum absolute atomic E-state index is 0.175. The summed E-state index contributed by atoms with van der Waals surface area (Å²) in [5.74, 6) is 3.38. The molecule has 22 heavy (non-hydrogen) atoms. The molecule has 0 radical (unpaired) electrons. The van der Waals surface area contributed by atoms with Crippen molar-refractivity contribution in [2.45, 2.75) is 17.5 Å². The molecule has 0 N–H and O–H groups in total. The topological polar surface area (TPSA) is 31.2 Å². The van der Waals surface area contributed by atoms with Crippen molar-refractivity contribution < 1.29 is 9.53 Å². The molecule has 1 aromatic carbocycles. The number of ether oxygens (including phenoxy) is 1. The molecule has 0 unspecified atom stereocenters. The van der Waals surface area contributed by atoms with Crippen LogP contribution in [0.25, 0.3) is 0 Å². The van der Waals surface area contributed by atoms with Crippen LogP contribution in [0.15, 0.2) is 42.6 Å². The summed E-state index contributed by atoms with van der Waals surface area (Å²) in [7, 11) is 1.63. The van der Waals surface area contributed by atoms with E-state index < -0.39 is 0 Å². The highest BCUT2D eigenvalue weighted by molar-refractivity contribution is 8.19. The van der Waals surface area contributed by atoms with Crippen molar-refractivity contribution in [3.8, 4) is 5.75 Å². The van der Waals surface area contributed by atoms with E-state index in [2.05, 4.69) is 22.9 Å². The van der Waals surface area contributed by atoms with Gasteiger partial charge in [-0.05, 0) is 36.4 Å². The first kappa shape index (κ1) is 15.6. The van der Waals surface area contributed by atoms with Crippen molar-refractivity contribution in [3.05, 3.63) is 53.9 Å². The molecule has 1 aliphatic rings. The standard InChI is InChI=1S/C17H19NO2S2/c1-20-14-6-4-13(5-7-14)16(19)8-10-18-9-2-3-15(18)17-21-11-12-22-17/h2-7,9,17H,8,10-12H2,1H3. The monoisotopic (exact) mass is 333 g/mol. The number of nitrogens with zero attached hydrogens (tertiary/aromatic N) is 1. The number of hydrogen-bond acceptors (Lipinski definition) is 4. The molecule has 0 aliphatic carbocycles. The summed E-state index contributed by atoms with van der Waals surface area (Å²) in [5.41, 5.74) is 2.08. The van der Waals surface area contributed by atoms with Crippen LogP contribution < -0.4 is 4.74 Å². The van der Waals surface area contributed by atoms with E-state index >= 15 is 0 Å². The third-order valence-electron chi connectivity index (χ3n) is 3.72. The van der Waals surface area contributed by atoms with Gasteiger partial charge < -0.3 is 9.30 Å². The molecule has 1 saturated heterocycles. The van der Waals surface area contributed by atoms with Crippen LogP contribution >= 0.6 is 23.5 Å². The Morgan fingerprint density at radius 1 is 1.23 bits per heavy atom. The van der Waals surface area contributed by atoms with E-state index in [-0.39, 0.29) is 5.78 Å². The highest BCUT2D eigenvalue weighted by Gasteiger charge is 2.21. The van der Waals surface area contributed by atoms with E-state index in [1.54, 1.807) is 7.11 Å². The fraction of sp³-hybridized carbons (Fsp3) is 0.353. The third kappa shape index (κ3) is 3.52. The zero-order chi connectivity index (χ0) is 15.4. The average molecular weight is 333 g/mol. The maximum atomic E-state index is 12.3. The second-order valence-electron chi connectivity index (χ2n) is 5.10. The number of thioether (sulfide) groups is 2. The summed E-state index contributed by atoms with van der Waals surface area (Å²) in [6.45, 7) is 0.741. The molecule has 2 heterocycles. The van der Waals surface area contributed by atoms with Gasteiger partial charge in [0, 0.05) is 41.9 Å². The summed E-state index contributed by atoms with van der Waals surface area (Å²) in [6, 6.07) is 11.6. The molecular formula is C17H19NO2S2. The van der Waals surface area contributed by atoms with E-state index in [1.807, 2.05) is 47.8 Å². The Labute approximate surface area is 139 Å². The highest BCUT2D eigenvalue weighted by atomic mass is 32.2. The Bertz CT molecular complexity index is 630. The van der Waals surface area contributed by atoms with Crippen molar-refractivity contribution in [3.63, 3.8) is 0 Å². The second-order valence-corrected chi connectivity index (χ2v) is 7.83. The summed E-state index contributed by atoms with van der Waals surface area (Å²) in [6.07, 6.45) is 2.60. The van der Waals surface area contributed by atoms with E-state index in [1.165, 1.54) is 17.2 Å². The molecule has 1 aromatic heterocycles. The molecule has 2 aromatic rings. The van der Waals surface area contributed by atoms with E-state index in [9.17, 15) is 4.79 Å². The predicted octanol–water partition coefficient (Wildman–Crippen LogP) is 4.25. The zero-order valence-corrected chi connectivity index (χ0v) is 14.2. The number of rotatable bonds is 6. The SMILES string of the molecule is COc1ccc(C(=O)CCn2cccc2C2SCCS2)cc1. The van der Waals surface area contributed by atoms with Gasteiger partial charge in [0.1, 0.15) is 5.75 Å². The second kappa shape index (κ2) is 7.29.